The van der Waals surface area contributed by atoms with Crippen LogP contribution in [0.4, 0.5) is 5.69 Å². The number of thiocarbonyl (C=S) groups is 1. The summed E-state index contributed by atoms with van der Waals surface area (Å²) in [6.45, 7) is 0. The lowest BCUT2D eigenvalue weighted by atomic mass is 9.84. The molecule has 20 heavy (non-hydrogen) atoms. The van der Waals surface area contributed by atoms with Crippen LogP contribution in [0.15, 0.2) is 24.3 Å². The van der Waals surface area contributed by atoms with E-state index in [-0.39, 0.29) is 5.91 Å². The summed E-state index contributed by atoms with van der Waals surface area (Å²) in [4.78, 5) is 14.8. The Labute approximate surface area is 124 Å². The van der Waals surface area contributed by atoms with Crippen LogP contribution in [0.2, 0.25) is 0 Å². The molecular weight excluding hydrogens is 272 g/mol. The molecule has 0 saturated heterocycles. The van der Waals surface area contributed by atoms with Crippen LogP contribution in [0.3, 0.4) is 0 Å². The molecule has 1 fully saturated rings. The van der Waals surface area contributed by atoms with Gasteiger partial charge >= 0.3 is 0 Å². The van der Waals surface area contributed by atoms with E-state index in [0.29, 0.717) is 4.99 Å². The van der Waals surface area contributed by atoms with Crippen molar-refractivity contribution < 1.29 is 9.53 Å². The zero-order chi connectivity index (χ0) is 14.8. The lowest BCUT2D eigenvalue weighted by Gasteiger charge is -2.31. The molecule has 0 radical (unpaired) electrons. The van der Waals surface area contributed by atoms with Crippen LogP contribution in [0, 0.1) is 5.41 Å². The molecule has 0 bridgehead atoms. The van der Waals surface area contributed by atoms with Crippen LogP contribution in [0.1, 0.15) is 25.7 Å². The Morgan fingerprint density at radius 3 is 2.30 bits per heavy atom. The van der Waals surface area contributed by atoms with E-state index in [9.17, 15) is 4.79 Å². The van der Waals surface area contributed by atoms with Crippen molar-refractivity contribution >= 4 is 28.8 Å². The molecule has 4 nitrogen and oxygen atoms in total. The van der Waals surface area contributed by atoms with Gasteiger partial charge in [-0.2, -0.15) is 0 Å². The van der Waals surface area contributed by atoms with Crippen molar-refractivity contribution in [3.63, 3.8) is 0 Å². The normalized spacial score (nSPS) is 16.7. The van der Waals surface area contributed by atoms with Crippen molar-refractivity contribution in [1.29, 1.82) is 0 Å². The van der Waals surface area contributed by atoms with Crippen LogP contribution < -0.4 is 15.4 Å². The zero-order valence-corrected chi connectivity index (χ0v) is 12.7. The summed E-state index contributed by atoms with van der Waals surface area (Å²) in [5, 5.41) is 0. The first-order valence-electron chi connectivity index (χ1n) is 6.73. The predicted molar refractivity (Wildman–Crippen MR) is 84.1 cm³/mol. The van der Waals surface area contributed by atoms with E-state index in [1.54, 1.807) is 19.1 Å². The fourth-order valence-electron chi connectivity index (χ4n) is 2.79. The highest BCUT2D eigenvalue weighted by Crippen LogP contribution is 2.40. The second-order valence-corrected chi connectivity index (χ2v) is 5.66. The Morgan fingerprint density at radius 2 is 1.85 bits per heavy atom. The van der Waals surface area contributed by atoms with Gasteiger partial charge in [-0.15, -0.1) is 0 Å². The summed E-state index contributed by atoms with van der Waals surface area (Å²) in [5.41, 5.74) is 6.01. The standard InChI is InChI=1S/C15H20N2O2S/c1-17(11-5-7-12(19-2)8-6-11)14(18)15(13(16)20)9-3-4-10-15/h5-8H,3-4,9-10H2,1-2H3,(H2,16,20). The van der Waals surface area contributed by atoms with Crippen LogP contribution in [0.5, 0.6) is 5.75 Å². The Bertz CT molecular complexity index is 507. The van der Waals surface area contributed by atoms with E-state index in [2.05, 4.69) is 0 Å². The Balaban J connectivity index is 2.24. The average molecular weight is 292 g/mol. The molecule has 0 unspecified atom stereocenters. The second-order valence-electron chi connectivity index (χ2n) is 5.22. The first-order chi connectivity index (χ1) is 9.51. The number of methoxy groups -OCH3 is 1. The summed E-state index contributed by atoms with van der Waals surface area (Å²) < 4.78 is 5.12. The van der Waals surface area contributed by atoms with Crippen molar-refractivity contribution in [1.82, 2.24) is 0 Å². The quantitative estimate of drug-likeness (QED) is 0.866. The minimum Gasteiger partial charge on any atom is -0.497 e. The molecule has 1 aliphatic carbocycles. The summed E-state index contributed by atoms with van der Waals surface area (Å²) in [7, 11) is 3.38. The molecule has 0 spiro atoms. The minimum absolute atomic E-state index is 0.00679. The first kappa shape index (κ1) is 14.8. The van der Waals surface area contributed by atoms with Crippen molar-refractivity contribution in [2.24, 2.45) is 11.1 Å². The highest BCUT2D eigenvalue weighted by atomic mass is 32.1. The molecule has 5 heteroatoms. The largest absolute Gasteiger partial charge is 0.497 e. The van der Waals surface area contributed by atoms with Gasteiger partial charge in [-0.1, -0.05) is 25.1 Å². The molecule has 0 aromatic heterocycles. The van der Waals surface area contributed by atoms with E-state index < -0.39 is 5.41 Å². The molecule has 2 rings (SSSR count). The number of benzene rings is 1. The Hall–Kier alpha value is -1.62. The van der Waals surface area contributed by atoms with E-state index in [1.807, 2.05) is 24.3 Å². The lowest BCUT2D eigenvalue weighted by molar-refractivity contribution is -0.124. The number of nitrogens with two attached hydrogens (primary N) is 1. The van der Waals surface area contributed by atoms with Gasteiger partial charge in [-0.3, -0.25) is 4.79 Å². The fourth-order valence-corrected chi connectivity index (χ4v) is 3.08. The van der Waals surface area contributed by atoms with Crippen molar-refractivity contribution in [2.75, 3.05) is 19.1 Å². The fraction of sp³-hybridized carbons (Fsp3) is 0.467. The van der Waals surface area contributed by atoms with Crippen LogP contribution in [-0.4, -0.2) is 25.1 Å². The van der Waals surface area contributed by atoms with Gasteiger partial charge in [-0.05, 0) is 37.1 Å². The third-order valence-electron chi connectivity index (χ3n) is 4.10. The second kappa shape index (κ2) is 5.79. The summed E-state index contributed by atoms with van der Waals surface area (Å²) in [5.74, 6) is 0.757. The highest BCUT2D eigenvalue weighted by Gasteiger charge is 2.45. The summed E-state index contributed by atoms with van der Waals surface area (Å²) >= 11 is 5.16. The molecule has 1 saturated carbocycles. The van der Waals surface area contributed by atoms with Crippen LogP contribution in [0.25, 0.3) is 0 Å². The minimum atomic E-state index is -0.663. The maximum Gasteiger partial charge on any atom is 0.239 e. The van der Waals surface area contributed by atoms with E-state index >= 15 is 0 Å². The maximum atomic E-state index is 12.8. The molecule has 1 amide bonds. The smallest absolute Gasteiger partial charge is 0.239 e. The van der Waals surface area contributed by atoms with Gasteiger partial charge in [0.15, 0.2) is 0 Å². The number of hydrogen-bond donors (Lipinski definition) is 1. The predicted octanol–water partition coefficient (Wildman–Crippen LogP) is 2.50. The molecule has 1 aromatic carbocycles. The molecule has 108 valence electrons. The molecular formula is C15H20N2O2S. The molecule has 0 heterocycles. The SMILES string of the molecule is COc1ccc(N(C)C(=O)C2(C(N)=S)CCCC2)cc1. The number of rotatable bonds is 4. The third kappa shape index (κ3) is 2.50. The van der Waals surface area contributed by atoms with Crippen molar-refractivity contribution in [3.05, 3.63) is 24.3 Å². The number of amides is 1. The van der Waals surface area contributed by atoms with E-state index in [4.69, 9.17) is 22.7 Å². The van der Waals surface area contributed by atoms with E-state index in [0.717, 1.165) is 37.1 Å². The molecule has 0 atom stereocenters. The van der Waals surface area contributed by atoms with Gasteiger partial charge < -0.3 is 15.4 Å². The first-order valence-corrected chi connectivity index (χ1v) is 7.14. The third-order valence-corrected chi connectivity index (χ3v) is 4.49. The van der Waals surface area contributed by atoms with Crippen LogP contribution >= 0.6 is 12.2 Å². The average Bonchev–Trinajstić information content (AvgIpc) is 2.96. The topological polar surface area (TPSA) is 55.6 Å². The molecule has 1 aromatic rings. The van der Waals surface area contributed by atoms with Gasteiger partial charge in [0, 0.05) is 12.7 Å². The van der Waals surface area contributed by atoms with Gasteiger partial charge in [0.2, 0.25) is 5.91 Å². The zero-order valence-electron chi connectivity index (χ0n) is 11.9. The highest BCUT2D eigenvalue weighted by molar-refractivity contribution is 7.80. The number of carbonyl (C=O) groups is 1. The lowest BCUT2D eigenvalue weighted by Crippen LogP contribution is -2.48. The summed E-state index contributed by atoms with van der Waals surface area (Å²) in [6.07, 6.45) is 3.50. The maximum absolute atomic E-state index is 12.8. The number of hydrogen-bond acceptors (Lipinski definition) is 3. The molecule has 0 aliphatic heterocycles. The van der Waals surface area contributed by atoms with Gasteiger partial charge in [0.25, 0.3) is 0 Å². The van der Waals surface area contributed by atoms with Gasteiger partial charge in [0.05, 0.1) is 17.5 Å². The number of ether oxygens (including phenoxy) is 1. The molecule has 2 N–H and O–H groups in total. The van der Waals surface area contributed by atoms with E-state index in [1.165, 1.54) is 0 Å². The number of carbonyl (C=O) groups excluding carboxylic acids is 1. The number of anilines is 1. The van der Waals surface area contributed by atoms with Crippen molar-refractivity contribution in [2.45, 2.75) is 25.7 Å². The van der Waals surface area contributed by atoms with Crippen LogP contribution in [-0.2, 0) is 4.79 Å². The summed E-state index contributed by atoms with van der Waals surface area (Å²) in [6, 6.07) is 7.39. The number of nitrogens with zero attached hydrogens (tertiary/aromatic N) is 1. The van der Waals surface area contributed by atoms with Gasteiger partial charge in [0.1, 0.15) is 5.75 Å². The van der Waals surface area contributed by atoms with Gasteiger partial charge in [-0.25, -0.2) is 0 Å². The molecule has 1 aliphatic rings. The monoisotopic (exact) mass is 292 g/mol. The Morgan fingerprint density at radius 1 is 1.30 bits per heavy atom. The van der Waals surface area contributed by atoms with Crippen molar-refractivity contribution in [3.8, 4) is 5.75 Å². The Kier molecular flexibility index (Phi) is 4.28.